The molecule has 0 spiro atoms. The average Bonchev–Trinajstić information content (AvgIpc) is 2.82. The summed E-state index contributed by atoms with van der Waals surface area (Å²) in [5.74, 6) is 1.48. The first-order valence-electron chi connectivity index (χ1n) is 6.50. The second-order valence-corrected chi connectivity index (χ2v) is 4.75. The van der Waals surface area contributed by atoms with Crippen LogP contribution in [-0.2, 0) is 0 Å². The SMILES string of the molecule is COc1ccc2oc(C)c(C(O)c3ccccc3)c2c1. The van der Waals surface area contributed by atoms with Gasteiger partial charge in [-0.3, -0.25) is 0 Å². The van der Waals surface area contributed by atoms with E-state index in [2.05, 4.69) is 0 Å². The molecule has 0 fully saturated rings. The molecule has 0 aliphatic rings. The summed E-state index contributed by atoms with van der Waals surface area (Å²) in [6.07, 6.45) is -0.704. The molecule has 0 amide bonds. The monoisotopic (exact) mass is 268 g/mol. The van der Waals surface area contributed by atoms with Crippen LogP contribution in [0.1, 0.15) is 23.0 Å². The van der Waals surface area contributed by atoms with Crippen molar-refractivity contribution in [2.24, 2.45) is 0 Å². The lowest BCUT2D eigenvalue weighted by atomic mass is 9.99. The maximum atomic E-state index is 10.6. The minimum absolute atomic E-state index is 0.704. The van der Waals surface area contributed by atoms with Crippen LogP contribution in [0.3, 0.4) is 0 Å². The predicted molar refractivity (Wildman–Crippen MR) is 78.0 cm³/mol. The van der Waals surface area contributed by atoms with Crippen LogP contribution in [-0.4, -0.2) is 12.2 Å². The number of benzene rings is 2. The Morgan fingerprint density at radius 2 is 1.85 bits per heavy atom. The summed E-state index contributed by atoms with van der Waals surface area (Å²) in [7, 11) is 1.63. The van der Waals surface area contributed by atoms with E-state index in [-0.39, 0.29) is 0 Å². The van der Waals surface area contributed by atoms with E-state index in [1.165, 1.54) is 0 Å². The number of ether oxygens (including phenoxy) is 1. The highest BCUT2D eigenvalue weighted by atomic mass is 16.5. The molecule has 0 bridgehead atoms. The van der Waals surface area contributed by atoms with E-state index in [4.69, 9.17) is 9.15 Å². The van der Waals surface area contributed by atoms with E-state index in [9.17, 15) is 5.11 Å². The fourth-order valence-corrected chi connectivity index (χ4v) is 2.49. The van der Waals surface area contributed by atoms with Gasteiger partial charge < -0.3 is 14.3 Å². The van der Waals surface area contributed by atoms with Crippen molar-refractivity contribution in [3.05, 3.63) is 65.4 Å². The van der Waals surface area contributed by atoms with Crippen molar-refractivity contribution in [1.29, 1.82) is 0 Å². The van der Waals surface area contributed by atoms with Crippen LogP contribution in [0.4, 0.5) is 0 Å². The van der Waals surface area contributed by atoms with Crippen molar-refractivity contribution in [2.45, 2.75) is 13.0 Å². The van der Waals surface area contributed by atoms with Crippen LogP contribution >= 0.6 is 0 Å². The van der Waals surface area contributed by atoms with Gasteiger partial charge in [0, 0.05) is 10.9 Å². The molecule has 2 aromatic carbocycles. The molecule has 0 saturated carbocycles. The largest absolute Gasteiger partial charge is 0.497 e. The summed E-state index contributed by atoms with van der Waals surface area (Å²) in [5, 5.41) is 11.5. The maximum Gasteiger partial charge on any atom is 0.134 e. The van der Waals surface area contributed by atoms with Gasteiger partial charge in [0.05, 0.1) is 7.11 Å². The number of aliphatic hydroxyl groups excluding tert-OH is 1. The lowest BCUT2D eigenvalue weighted by molar-refractivity contribution is 0.219. The van der Waals surface area contributed by atoms with E-state index in [0.29, 0.717) is 0 Å². The van der Waals surface area contributed by atoms with Gasteiger partial charge in [-0.05, 0) is 30.7 Å². The average molecular weight is 268 g/mol. The Morgan fingerprint density at radius 1 is 1.10 bits per heavy atom. The Balaban J connectivity index is 2.17. The van der Waals surface area contributed by atoms with Gasteiger partial charge in [-0.2, -0.15) is 0 Å². The molecular formula is C17H16O3. The Bertz CT molecular complexity index is 729. The number of rotatable bonds is 3. The van der Waals surface area contributed by atoms with Crippen molar-refractivity contribution in [3.63, 3.8) is 0 Å². The molecule has 0 radical (unpaired) electrons. The molecule has 3 nitrogen and oxygen atoms in total. The topological polar surface area (TPSA) is 42.6 Å². The molecule has 20 heavy (non-hydrogen) atoms. The molecule has 102 valence electrons. The number of methoxy groups -OCH3 is 1. The van der Waals surface area contributed by atoms with E-state index in [1.807, 2.05) is 55.5 Å². The zero-order valence-electron chi connectivity index (χ0n) is 11.5. The van der Waals surface area contributed by atoms with E-state index < -0.39 is 6.10 Å². The number of fused-ring (bicyclic) bond motifs is 1. The molecule has 1 N–H and O–H groups in total. The molecule has 3 heteroatoms. The molecule has 1 aromatic heterocycles. The van der Waals surface area contributed by atoms with Crippen molar-refractivity contribution >= 4 is 11.0 Å². The summed E-state index contributed by atoms with van der Waals surface area (Å²) < 4.78 is 11.0. The predicted octanol–water partition coefficient (Wildman–Crippen LogP) is 3.83. The van der Waals surface area contributed by atoms with Crippen LogP contribution in [0.5, 0.6) is 5.75 Å². The number of aryl methyl sites for hydroxylation is 1. The highest BCUT2D eigenvalue weighted by Gasteiger charge is 2.20. The first-order chi connectivity index (χ1) is 9.70. The normalized spacial score (nSPS) is 12.6. The number of hydrogen-bond donors (Lipinski definition) is 1. The lowest BCUT2D eigenvalue weighted by Gasteiger charge is -2.11. The van der Waals surface area contributed by atoms with Crippen LogP contribution < -0.4 is 4.74 Å². The van der Waals surface area contributed by atoms with E-state index in [0.717, 1.165) is 33.6 Å². The lowest BCUT2D eigenvalue weighted by Crippen LogP contribution is -2.00. The second kappa shape index (κ2) is 5.02. The molecular weight excluding hydrogens is 252 g/mol. The van der Waals surface area contributed by atoms with Gasteiger partial charge in [0.1, 0.15) is 23.2 Å². The fourth-order valence-electron chi connectivity index (χ4n) is 2.49. The Kier molecular flexibility index (Phi) is 3.20. The van der Waals surface area contributed by atoms with Gasteiger partial charge in [0.15, 0.2) is 0 Å². The third kappa shape index (κ3) is 2.06. The second-order valence-electron chi connectivity index (χ2n) is 4.75. The molecule has 3 rings (SSSR count). The fraction of sp³-hybridized carbons (Fsp3) is 0.176. The molecule has 0 aliphatic heterocycles. The minimum Gasteiger partial charge on any atom is -0.497 e. The van der Waals surface area contributed by atoms with Crippen molar-refractivity contribution in [2.75, 3.05) is 7.11 Å². The molecule has 1 atom stereocenters. The summed E-state index contributed by atoms with van der Waals surface area (Å²) in [4.78, 5) is 0. The molecule has 0 aliphatic carbocycles. The van der Waals surface area contributed by atoms with Crippen molar-refractivity contribution < 1.29 is 14.3 Å². The summed E-state index contributed by atoms with van der Waals surface area (Å²) in [6.45, 7) is 1.87. The minimum atomic E-state index is -0.704. The number of hydrogen-bond acceptors (Lipinski definition) is 3. The van der Waals surface area contributed by atoms with Crippen LogP contribution in [0, 0.1) is 6.92 Å². The van der Waals surface area contributed by atoms with Crippen molar-refractivity contribution in [3.8, 4) is 5.75 Å². The van der Waals surface area contributed by atoms with Crippen LogP contribution in [0.25, 0.3) is 11.0 Å². The smallest absolute Gasteiger partial charge is 0.134 e. The van der Waals surface area contributed by atoms with Gasteiger partial charge in [-0.25, -0.2) is 0 Å². The van der Waals surface area contributed by atoms with Gasteiger partial charge >= 0.3 is 0 Å². The van der Waals surface area contributed by atoms with E-state index in [1.54, 1.807) is 7.11 Å². The first-order valence-corrected chi connectivity index (χ1v) is 6.50. The zero-order valence-corrected chi connectivity index (χ0v) is 11.5. The van der Waals surface area contributed by atoms with Crippen LogP contribution in [0.15, 0.2) is 52.9 Å². The number of aliphatic hydroxyl groups is 1. The molecule has 1 heterocycles. The molecule has 0 saturated heterocycles. The van der Waals surface area contributed by atoms with Crippen LogP contribution in [0.2, 0.25) is 0 Å². The van der Waals surface area contributed by atoms with Gasteiger partial charge in [-0.15, -0.1) is 0 Å². The summed E-state index contributed by atoms with van der Waals surface area (Å²) in [6, 6.07) is 15.2. The molecule has 1 unspecified atom stereocenters. The third-order valence-corrected chi connectivity index (χ3v) is 3.51. The highest BCUT2D eigenvalue weighted by Crippen LogP contribution is 2.35. The Hall–Kier alpha value is -2.26. The highest BCUT2D eigenvalue weighted by molar-refractivity contribution is 5.84. The standard InChI is InChI=1S/C17H16O3/c1-11-16(17(18)12-6-4-3-5-7-12)14-10-13(19-2)8-9-15(14)20-11/h3-10,17-18H,1-2H3. The summed E-state index contributed by atoms with van der Waals surface area (Å²) in [5.41, 5.74) is 2.40. The number of furan rings is 1. The zero-order chi connectivity index (χ0) is 14.1. The van der Waals surface area contributed by atoms with E-state index >= 15 is 0 Å². The Labute approximate surface area is 117 Å². The van der Waals surface area contributed by atoms with Gasteiger partial charge in [-0.1, -0.05) is 30.3 Å². The van der Waals surface area contributed by atoms with Gasteiger partial charge in [0.25, 0.3) is 0 Å². The molecule has 3 aromatic rings. The third-order valence-electron chi connectivity index (χ3n) is 3.51. The first kappa shape index (κ1) is 12.8. The Morgan fingerprint density at radius 3 is 2.55 bits per heavy atom. The quantitative estimate of drug-likeness (QED) is 0.785. The van der Waals surface area contributed by atoms with Gasteiger partial charge in [0.2, 0.25) is 0 Å². The van der Waals surface area contributed by atoms with Crippen molar-refractivity contribution in [1.82, 2.24) is 0 Å². The summed E-state index contributed by atoms with van der Waals surface area (Å²) >= 11 is 0. The maximum absolute atomic E-state index is 10.6.